The van der Waals surface area contributed by atoms with Crippen molar-refractivity contribution in [2.75, 3.05) is 20.2 Å². The predicted molar refractivity (Wildman–Crippen MR) is 127 cm³/mol. The van der Waals surface area contributed by atoms with Crippen molar-refractivity contribution >= 4 is 5.91 Å². The minimum Gasteiger partial charge on any atom is -0.497 e. The Balaban J connectivity index is 1.28. The number of nitrogens with zero attached hydrogens (tertiary/aromatic N) is 3. The minimum absolute atomic E-state index is 0.0136. The summed E-state index contributed by atoms with van der Waals surface area (Å²) in [5.74, 6) is 2.22. The highest BCUT2D eigenvalue weighted by molar-refractivity contribution is 5.79. The van der Waals surface area contributed by atoms with Crippen molar-refractivity contribution in [3.8, 4) is 17.1 Å². The third-order valence-corrected chi connectivity index (χ3v) is 6.41. The Morgan fingerprint density at radius 3 is 2.58 bits per heavy atom. The van der Waals surface area contributed by atoms with Gasteiger partial charge >= 0.3 is 0 Å². The molecule has 3 aromatic rings. The molecule has 0 aliphatic carbocycles. The number of hydrogen-bond acceptors (Lipinski definition) is 6. The van der Waals surface area contributed by atoms with Crippen molar-refractivity contribution in [1.29, 1.82) is 0 Å². The fourth-order valence-electron chi connectivity index (χ4n) is 4.34. The molecule has 1 fully saturated rings. The molecule has 1 unspecified atom stereocenters. The van der Waals surface area contributed by atoms with Crippen molar-refractivity contribution < 1.29 is 14.1 Å². The molecule has 1 aliphatic heterocycles. The number of piperidine rings is 1. The van der Waals surface area contributed by atoms with Gasteiger partial charge in [-0.15, -0.1) is 0 Å². The van der Waals surface area contributed by atoms with Gasteiger partial charge in [0.25, 0.3) is 0 Å². The smallest absolute Gasteiger partial charge is 0.241 e. The third-order valence-electron chi connectivity index (χ3n) is 6.41. The Hall–Kier alpha value is -3.19. The summed E-state index contributed by atoms with van der Waals surface area (Å²) in [6, 6.07) is 15.9. The first-order chi connectivity index (χ1) is 16.1. The number of carbonyl (C=O) groups excluding carboxylic acids is 1. The largest absolute Gasteiger partial charge is 0.497 e. The second kappa shape index (κ2) is 10.6. The van der Waals surface area contributed by atoms with Gasteiger partial charge in [0.05, 0.1) is 19.7 Å². The standard InChI is InChI=1S/C26H32N4O3/c1-4-23(19-9-11-21(32-3)12-10-19)27-26(31)20-13-15-30(16-14-20)17-24-28-25(29-33-24)22-8-6-5-7-18(22)2/h5-12,20,23H,4,13-17H2,1-3H3,(H,27,31). The molecule has 0 radical (unpaired) electrons. The van der Waals surface area contributed by atoms with Crippen LogP contribution < -0.4 is 10.1 Å². The summed E-state index contributed by atoms with van der Waals surface area (Å²) in [5.41, 5.74) is 3.21. The number of carbonyl (C=O) groups is 1. The van der Waals surface area contributed by atoms with E-state index in [9.17, 15) is 4.79 Å². The van der Waals surface area contributed by atoms with Gasteiger partial charge in [-0.3, -0.25) is 9.69 Å². The minimum atomic E-state index is 0.0136. The first-order valence-electron chi connectivity index (χ1n) is 11.6. The maximum Gasteiger partial charge on any atom is 0.241 e. The van der Waals surface area contributed by atoms with Crippen LogP contribution in [0.2, 0.25) is 0 Å². The summed E-state index contributed by atoms with van der Waals surface area (Å²) in [5, 5.41) is 7.40. The Bertz CT molecular complexity index is 1060. The van der Waals surface area contributed by atoms with Crippen LogP contribution in [0.1, 0.15) is 49.2 Å². The highest BCUT2D eigenvalue weighted by atomic mass is 16.5. The van der Waals surface area contributed by atoms with Gasteiger partial charge in [0, 0.05) is 11.5 Å². The van der Waals surface area contributed by atoms with Gasteiger partial charge in [-0.2, -0.15) is 4.98 Å². The Labute approximate surface area is 195 Å². The number of rotatable bonds is 8. The molecule has 2 heterocycles. The molecule has 1 amide bonds. The summed E-state index contributed by atoms with van der Waals surface area (Å²) in [7, 11) is 1.65. The van der Waals surface area contributed by atoms with Crippen LogP contribution >= 0.6 is 0 Å². The number of nitrogens with one attached hydrogen (secondary N) is 1. The molecule has 33 heavy (non-hydrogen) atoms. The van der Waals surface area contributed by atoms with Crippen LogP contribution in [-0.2, 0) is 11.3 Å². The van der Waals surface area contributed by atoms with Crippen LogP contribution in [0.15, 0.2) is 53.1 Å². The molecule has 1 N–H and O–H groups in total. The molecule has 4 rings (SSSR count). The molecule has 0 bridgehead atoms. The number of ether oxygens (including phenoxy) is 1. The van der Waals surface area contributed by atoms with Crippen LogP contribution in [0.25, 0.3) is 11.4 Å². The van der Waals surface area contributed by atoms with E-state index >= 15 is 0 Å². The van der Waals surface area contributed by atoms with Crippen LogP contribution in [0.4, 0.5) is 0 Å². The summed E-state index contributed by atoms with van der Waals surface area (Å²) in [6.07, 6.45) is 2.49. The number of methoxy groups -OCH3 is 1. The molecule has 1 aromatic heterocycles. The molecular formula is C26H32N4O3. The summed E-state index contributed by atoms with van der Waals surface area (Å²) < 4.78 is 10.7. The van der Waals surface area contributed by atoms with E-state index in [1.54, 1.807) is 7.11 Å². The van der Waals surface area contributed by atoms with Crippen molar-refractivity contribution in [2.24, 2.45) is 5.92 Å². The average molecular weight is 449 g/mol. The van der Waals surface area contributed by atoms with E-state index in [2.05, 4.69) is 27.3 Å². The number of hydrogen-bond donors (Lipinski definition) is 1. The maximum absolute atomic E-state index is 12.9. The van der Waals surface area contributed by atoms with Crippen molar-refractivity contribution in [3.05, 3.63) is 65.5 Å². The number of aromatic nitrogens is 2. The molecular weight excluding hydrogens is 416 g/mol. The normalized spacial score (nSPS) is 15.8. The monoisotopic (exact) mass is 448 g/mol. The molecule has 1 atom stereocenters. The first-order valence-corrected chi connectivity index (χ1v) is 11.6. The van der Waals surface area contributed by atoms with Crippen molar-refractivity contribution in [3.63, 3.8) is 0 Å². The number of aryl methyl sites for hydroxylation is 1. The summed E-state index contributed by atoms with van der Waals surface area (Å²) >= 11 is 0. The van der Waals surface area contributed by atoms with E-state index in [4.69, 9.17) is 9.26 Å². The van der Waals surface area contributed by atoms with Crippen LogP contribution in [0.5, 0.6) is 5.75 Å². The van der Waals surface area contributed by atoms with Crippen molar-refractivity contribution in [2.45, 2.75) is 45.7 Å². The maximum atomic E-state index is 12.9. The van der Waals surface area contributed by atoms with Gasteiger partial charge in [-0.1, -0.05) is 48.5 Å². The lowest BCUT2D eigenvalue weighted by Crippen LogP contribution is -2.41. The Morgan fingerprint density at radius 1 is 1.18 bits per heavy atom. The molecule has 174 valence electrons. The second-order valence-corrected chi connectivity index (χ2v) is 8.62. The van der Waals surface area contributed by atoms with E-state index in [1.807, 2.05) is 55.5 Å². The summed E-state index contributed by atoms with van der Waals surface area (Å²) in [6.45, 7) is 6.40. The highest BCUT2D eigenvalue weighted by Crippen LogP contribution is 2.24. The zero-order valence-corrected chi connectivity index (χ0v) is 19.6. The fourth-order valence-corrected chi connectivity index (χ4v) is 4.34. The SMILES string of the molecule is CCC(NC(=O)C1CCN(Cc2nc(-c3ccccc3C)no2)CC1)c1ccc(OC)cc1. The van der Waals surface area contributed by atoms with Crippen LogP contribution in [0, 0.1) is 12.8 Å². The lowest BCUT2D eigenvalue weighted by atomic mass is 9.94. The molecule has 1 aliphatic rings. The lowest BCUT2D eigenvalue weighted by Gasteiger charge is -2.31. The second-order valence-electron chi connectivity index (χ2n) is 8.62. The topological polar surface area (TPSA) is 80.5 Å². The van der Waals surface area contributed by atoms with E-state index in [1.165, 1.54) is 0 Å². The number of benzene rings is 2. The Morgan fingerprint density at radius 2 is 1.91 bits per heavy atom. The number of likely N-dealkylation sites (tertiary alicyclic amines) is 1. The van der Waals surface area contributed by atoms with E-state index in [0.717, 1.165) is 54.8 Å². The quantitative estimate of drug-likeness (QED) is 0.545. The van der Waals surface area contributed by atoms with Gasteiger partial charge in [-0.05, 0) is 62.5 Å². The lowest BCUT2D eigenvalue weighted by molar-refractivity contribution is -0.127. The van der Waals surface area contributed by atoms with Gasteiger partial charge in [0.15, 0.2) is 0 Å². The van der Waals surface area contributed by atoms with E-state index in [0.29, 0.717) is 18.3 Å². The van der Waals surface area contributed by atoms with E-state index in [-0.39, 0.29) is 17.9 Å². The van der Waals surface area contributed by atoms with Gasteiger partial charge in [0.1, 0.15) is 5.75 Å². The van der Waals surface area contributed by atoms with Gasteiger partial charge in [-0.25, -0.2) is 0 Å². The highest BCUT2D eigenvalue weighted by Gasteiger charge is 2.27. The average Bonchev–Trinajstić information content (AvgIpc) is 3.31. The first kappa shape index (κ1) is 23.0. The molecule has 7 nitrogen and oxygen atoms in total. The fraction of sp³-hybridized carbons (Fsp3) is 0.423. The van der Waals surface area contributed by atoms with Crippen LogP contribution in [0.3, 0.4) is 0 Å². The molecule has 0 saturated carbocycles. The van der Waals surface area contributed by atoms with E-state index < -0.39 is 0 Å². The zero-order chi connectivity index (χ0) is 23.2. The summed E-state index contributed by atoms with van der Waals surface area (Å²) in [4.78, 5) is 19.8. The molecule has 7 heteroatoms. The number of amides is 1. The van der Waals surface area contributed by atoms with Gasteiger partial charge in [0.2, 0.25) is 17.6 Å². The van der Waals surface area contributed by atoms with Crippen LogP contribution in [-0.4, -0.2) is 41.1 Å². The third kappa shape index (κ3) is 5.60. The predicted octanol–water partition coefficient (Wildman–Crippen LogP) is 4.53. The van der Waals surface area contributed by atoms with Crippen molar-refractivity contribution in [1.82, 2.24) is 20.4 Å². The molecule has 2 aromatic carbocycles. The molecule has 0 spiro atoms. The van der Waals surface area contributed by atoms with Gasteiger partial charge < -0.3 is 14.6 Å². The zero-order valence-electron chi connectivity index (χ0n) is 19.6. The Kier molecular flexibility index (Phi) is 7.40. The molecule has 1 saturated heterocycles.